The van der Waals surface area contributed by atoms with Gasteiger partial charge in [-0.2, -0.15) is 0 Å². The molecule has 0 aliphatic carbocycles. The van der Waals surface area contributed by atoms with Crippen molar-refractivity contribution in [1.29, 1.82) is 0 Å². The van der Waals surface area contributed by atoms with E-state index in [0.29, 0.717) is 34.1 Å². The Kier molecular flexibility index (Phi) is 6.61. The first-order valence-corrected chi connectivity index (χ1v) is 11.7. The zero-order valence-corrected chi connectivity index (χ0v) is 19.9. The van der Waals surface area contributed by atoms with Crippen molar-refractivity contribution < 1.29 is 24.2 Å². The third kappa shape index (κ3) is 4.24. The maximum absolute atomic E-state index is 13.3. The van der Waals surface area contributed by atoms with Gasteiger partial charge in [-0.25, -0.2) is 4.98 Å². The van der Waals surface area contributed by atoms with Crippen LogP contribution in [0.3, 0.4) is 0 Å². The van der Waals surface area contributed by atoms with Crippen LogP contribution in [0.5, 0.6) is 5.75 Å². The van der Waals surface area contributed by atoms with Crippen molar-refractivity contribution in [1.82, 2.24) is 4.98 Å². The molecule has 1 aliphatic heterocycles. The Labute approximate surface area is 201 Å². The van der Waals surface area contributed by atoms with Gasteiger partial charge >= 0.3 is 5.91 Å². The highest BCUT2D eigenvalue weighted by molar-refractivity contribution is 7.18. The second-order valence-electron chi connectivity index (χ2n) is 7.92. The van der Waals surface area contributed by atoms with E-state index in [0.717, 1.165) is 17.8 Å². The van der Waals surface area contributed by atoms with Gasteiger partial charge in [-0.15, -0.1) is 0 Å². The molecule has 3 aromatic rings. The van der Waals surface area contributed by atoms with Gasteiger partial charge in [0.1, 0.15) is 11.5 Å². The summed E-state index contributed by atoms with van der Waals surface area (Å²) in [7, 11) is 0. The maximum Gasteiger partial charge on any atom is 0.301 e. The van der Waals surface area contributed by atoms with Crippen LogP contribution in [0.25, 0.3) is 5.76 Å². The third-order valence-electron chi connectivity index (χ3n) is 5.45. The fraction of sp³-hybridized carbons (Fsp3) is 0.231. The second kappa shape index (κ2) is 9.61. The highest BCUT2D eigenvalue weighted by Crippen LogP contribution is 2.44. The summed E-state index contributed by atoms with van der Waals surface area (Å²) in [4.78, 5) is 44.6. The minimum atomic E-state index is -0.934. The number of rotatable bonds is 7. The molecule has 174 valence electrons. The van der Waals surface area contributed by atoms with Crippen LogP contribution in [-0.2, 0) is 9.59 Å². The summed E-state index contributed by atoms with van der Waals surface area (Å²) in [6, 6.07) is 14.8. The Morgan fingerprint density at radius 1 is 1.15 bits per heavy atom. The quantitative estimate of drug-likeness (QED) is 0.221. The van der Waals surface area contributed by atoms with E-state index in [1.807, 2.05) is 6.92 Å². The van der Waals surface area contributed by atoms with Gasteiger partial charge < -0.3 is 9.84 Å². The molecule has 2 heterocycles. The summed E-state index contributed by atoms with van der Waals surface area (Å²) in [6.07, 6.45) is 0.822. The molecule has 1 saturated heterocycles. The lowest BCUT2D eigenvalue weighted by molar-refractivity contribution is -0.132. The minimum Gasteiger partial charge on any atom is -0.507 e. The first kappa shape index (κ1) is 23.4. The van der Waals surface area contributed by atoms with Crippen LogP contribution in [0, 0.1) is 6.92 Å². The molecule has 1 fully saturated rings. The number of aryl methyl sites for hydroxylation is 1. The molecule has 7 nitrogen and oxygen atoms in total. The lowest BCUT2D eigenvalue weighted by Gasteiger charge is -2.23. The number of nitrogens with zero attached hydrogens (tertiary/aromatic N) is 2. The summed E-state index contributed by atoms with van der Waals surface area (Å²) >= 11 is 1.05. The van der Waals surface area contributed by atoms with Gasteiger partial charge in [-0.05, 0) is 31.0 Å². The number of ketones is 2. The monoisotopic (exact) mass is 476 g/mol. The predicted molar refractivity (Wildman–Crippen MR) is 130 cm³/mol. The molecule has 1 unspecified atom stereocenters. The van der Waals surface area contributed by atoms with E-state index in [1.54, 1.807) is 61.5 Å². The number of hydrogen-bond donors (Lipinski definition) is 1. The van der Waals surface area contributed by atoms with Crippen LogP contribution in [0.4, 0.5) is 5.13 Å². The smallest absolute Gasteiger partial charge is 0.301 e. The summed E-state index contributed by atoms with van der Waals surface area (Å²) in [5.41, 5.74) is 1.45. The van der Waals surface area contributed by atoms with Gasteiger partial charge in [-0.1, -0.05) is 60.7 Å². The molecule has 0 radical (unpaired) electrons. The first-order chi connectivity index (χ1) is 16.3. The van der Waals surface area contributed by atoms with E-state index >= 15 is 0 Å². The Bertz CT molecular complexity index is 1300. The zero-order chi connectivity index (χ0) is 24.4. The molecule has 2 aromatic carbocycles. The topological polar surface area (TPSA) is 96.8 Å². The Morgan fingerprint density at radius 2 is 1.88 bits per heavy atom. The molecule has 1 aromatic heterocycles. The van der Waals surface area contributed by atoms with E-state index < -0.39 is 17.7 Å². The third-order valence-corrected chi connectivity index (χ3v) is 6.71. The van der Waals surface area contributed by atoms with Crippen molar-refractivity contribution in [2.45, 2.75) is 33.2 Å². The van der Waals surface area contributed by atoms with Crippen molar-refractivity contribution in [3.8, 4) is 5.75 Å². The van der Waals surface area contributed by atoms with Crippen molar-refractivity contribution in [2.24, 2.45) is 0 Å². The molecule has 8 heteroatoms. The van der Waals surface area contributed by atoms with Crippen LogP contribution < -0.4 is 9.64 Å². The Balaban J connectivity index is 1.92. The number of Topliss-reactive ketones (excluding diaryl/α,β-unsaturated/α-hetero) is 2. The fourth-order valence-electron chi connectivity index (χ4n) is 3.90. The van der Waals surface area contributed by atoms with Gasteiger partial charge in [0.05, 0.1) is 28.8 Å². The van der Waals surface area contributed by atoms with Crippen LogP contribution in [0.2, 0.25) is 0 Å². The van der Waals surface area contributed by atoms with E-state index in [9.17, 15) is 19.5 Å². The number of carbonyl (C=O) groups is 3. The molecular weight excluding hydrogens is 452 g/mol. The van der Waals surface area contributed by atoms with Crippen LogP contribution >= 0.6 is 11.3 Å². The maximum atomic E-state index is 13.3. The van der Waals surface area contributed by atoms with Crippen molar-refractivity contribution in [3.05, 3.63) is 81.9 Å². The van der Waals surface area contributed by atoms with Gasteiger partial charge in [0.25, 0.3) is 5.78 Å². The standard InChI is InChI=1S/C26H24N2O5S/c1-4-13-33-19-12-8-11-18(14-19)21-20(22(30)17-9-6-5-7-10-17)23(31)25(32)28(21)26-27-15(2)24(34-26)16(3)29/h5-12,14,21,30H,4,13H2,1-3H3/b22-20+. The number of amides is 1. The molecule has 0 spiro atoms. The van der Waals surface area contributed by atoms with Crippen molar-refractivity contribution in [3.63, 3.8) is 0 Å². The van der Waals surface area contributed by atoms with Crippen LogP contribution in [0.15, 0.2) is 60.2 Å². The highest BCUT2D eigenvalue weighted by atomic mass is 32.1. The van der Waals surface area contributed by atoms with E-state index in [2.05, 4.69) is 4.98 Å². The molecule has 0 saturated carbocycles. The first-order valence-electron chi connectivity index (χ1n) is 10.9. The molecule has 34 heavy (non-hydrogen) atoms. The van der Waals surface area contributed by atoms with Crippen molar-refractivity contribution >= 4 is 39.7 Å². The van der Waals surface area contributed by atoms with Crippen LogP contribution in [-0.4, -0.2) is 34.2 Å². The Hall–Kier alpha value is -3.78. The number of carbonyl (C=O) groups excluding carboxylic acids is 3. The normalized spacial score (nSPS) is 17.3. The SMILES string of the molecule is CCCOc1cccc(C2/C(=C(\O)c3ccccc3)C(=O)C(=O)N2c2nc(C)c(C(C)=O)s2)c1. The summed E-state index contributed by atoms with van der Waals surface area (Å²) in [5, 5.41) is 11.4. The molecule has 0 bridgehead atoms. The number of aliphatic hydroxyl groups is 1. The molecule has 1 atom stereocenters. The molecule has 1 aliphatic rings. The molecule has 4 rings (SSSR count). The van der Waals surface area contributed by atoms with Gasteiger partial charge in [0.2, 0.25) is 0 Å². The van der Waals surface area contributed by atoms with Crippen LogP contribution in [0.1, 0.15) is 52.8 Å². The summed E-state index contributed by atoms with van der Waals surface area (Å²) in [5.74, 6) is -1.49. The molecule has 1 amide bonds. The number of ether oxygens (including phenoxy) is 1. The minimum absolute atomic E-state index is 0.0407. The Morgan fingerprint density at radius 3 is 2.53 bits per heavy atom. The predicted octanol–water partition coefficient (Wildman–Crippen LogP) is 5.07. The van der Waals surface area contributed by atoms with Crippen molar-refractivity contribution in [2.75, 3.05) is 11.5 Å². The van der Waals surface area contributed by atoms with Gasteiger partial charge in [0, 0.05) is 12.5 Å². The molecule has 1 N–H and O–H groups in total. The van der Waals surface area contributed by atoms with Gasteiger partial charge in [-0.3, -0.25) is 19.3 Å². The summed E-state index contributed by atoms with van der Waals surface area (Å²) in [6.45, 7) is 5.63. The number of thiazole rings is 1. The number of benzene rings is 2. The van der Waals surface area contributed by atoms with E-state index in [4.69, 9.17) is 4.74 Å². The largest absolute Gasteiger partial charge is 0.507 e. The van der Waals surface area contributed by atoms with Gasteiger partial charge in [0.15, 0.2) is 10.9 Å². The molecular formula is C26H24N2O5S. The average molecular weight is 477 g/mol. The van der Waals surface area contributed by atoms with E-state index in [1.165, 1.54) is 11.8 Å². The average Bonchev–Trinajstić information content (AvgIpc) is 3.35. The lowest BCUT2D eigenvalue weighted by Crippen LogP contribution is -2.29. The fourth-order valence-corrected chi connectivity index (χ4v) is 4.89. The second-order valence-corrected chi connectivity index (χ2v) is 8.90. The zero-order valence-electron chi connectivity index (χ0n) is 19.1. The number of anilines is 1. The van der Waals surface area contributed by atoms with E-state index in [-0.39, 0.29) is 22.2 Å². The summed E-state index contributed by atoms with van der Waals surface area (Å²) < 4.78 is 5.76. The lowest BCUT2D eigenvalue weighted by atomic mass is 9.95. The number of aromatic nitrogens is 1. The highest BCUT2D eigenvalue weighted by Gasteiger charge is 2.48. The number of aliphatic hydroxyl groups excluding tert-OH is 1. The number of hydrogen-bond acceptors (Lipinski definition) is 7.